The second-order valence-electron chi connectivity index (χ2n) is 5.73. The third-order valence-corrected chi connectivity index (χ3v) is 1.83. The lowest BCUT2D eigenvalue weighted by Gasteiger charge is -2.26. The summed E-state index contributed by atoms with van der Waals surface area (Å²) in [5, 5.41) is 9.64. The Bertz CT molecular complexity index is 389. The molecule has 0 radical (unpaired) electrons. The van der Waals surface area contributed by atoms with Crippen LogP contribution < -0.4 is 11.0 Å². The molecule has 0 amide bonds. The van der Waals surface area contributed by atoms with E-state index in [4.69, 9.17) is 0 Å². The number of anilines is 1. The monoisotopic (exact) mass is 212 g/mol. The second-order valence-corrected chi connectivity index (χ2v) is 5.73. The van der Waals surface area contributed by atoms with E-state index in [1.807, 2.05) is 41.5 Å². The predicted octanol–water partition coefficient (Wildman–Crippen LogP) is 1.54. The fourth-order valence-electron chi connectivity index (χ4n) is 1.34. The van der Waals surface area contributed by atoms with Gasteiger partial charge in [-0.25, -0.2) is 9.89 Å². The zero-order valence-electron chi connectivity index (χ0n) is 10.3. The van der Waals surface area contributed by atoms with E-state index < -0.39 is 0 Å². The Morgan fingerprint density at radius 1 is 1.20 bits per heavy atom. The molecule has 0 saturated carbocycles. The quantitative estimate of drug-likeness (QED) is 0.742. The summed E-state index contributed by atoms with van der Waals surface area (Å²) in [5.41, 5.74) is -0.582. The summed E-state index contributed by atoms with van der Waals surface area (Å²) in [6.45, 7) is 12.0. The van der Waals surface area contributed by atoms with Gasteiger partial charge in [0.15, 0.2) is 0 Å². The largest absolute Gasteiger partial charge is 0.350 e. The molecule has 1 aromatic heterocycles. The number of hydrogen-bond donors (Lipinski definition) is 2. The zero-order chi connectivity index (χ0) is 11.9. The van der Waals surface area contributed by atoms with Crippen LogP contribution in [0.5, 0.6) is 0 Å². The molecule has 0 unspecified atom stereocenters. The molecule has 0 aliphatic carbocycles. The molecule has 1 rings (SSSR count). The fraction of sp³-hybridized carbons (Fsp3) is 0.800. The fourth-order valence-corrected chi connectivity index (χ4v) is 1.34. The van der Waals surface area contributed by atoms with Crippen LogP contribution in [0.4, 0.5) is 5.95 Å². The minimum Gasteiger partial charge on any atom is -0.350 e. The van der Waals surface area contributed by atoms with Crippen molar-refractivity contribution < 1.29 is 0 Å². The maximum atomic E-state index is 11.6. The van der Waals surface area contributed by atoms with Gasteiger partial charge >= 0.3 is 5.69 Å². The van der Waals surface area contributed by atoms with E-state index >= 15 is 0 Å². The molecule has 2 N–H and O–H groups in total. The molecule has 0 aliphatic rings. The van der Waals surface area contributed by atoms with Crippen LogP contribution in [0.1, 0.15) is 41.5 Å². The Morgan fingerprint density at radius 2 is 1.73 bits per heavy atom. The van der Waals surface area contributed by atoms with Gasteiger partial charge in [-0.1, -0.05) is 0 Å². The topological polar surface area (TPSA) is 62.7 Å². The molecule has 0 fully saturated rings. The Hall–Kier alpha value is -1.26. The number of nitrogens with zero attached hydrogens (tertiary/aromatic N) is 2. The van der Waals surface area contributed by atoms with E-state index in [0.717, 1.165) is 0 Å². The van der Waals surface area contributed by atoms with Crippen LogP contribution in [-0.2, 0) is 5.54 Å². The molecule has 15 heavy (non-hydrogen) atoms. The van der Waals surface area contributed by atoms with E-state index in [-0.39, 0.29) is 16.8 Å². The van der Waals surface area contributed by atoms with Crippen LogP contribution in [-0.4, -0.2) is 20.3 Å². The molecular weight excluding hydrogens is 192 g/mol. The lowest BCUT2D eigenvalue weighted by molar-refractivity contribution is 0.386. The highest BCUT2D eigenvalue weighted by Gasteiger charge is 2.23. The molecule has 5 nitrogen and oxygen atoms in total. The highest BCUT2D eigenvalue weighted by Crippen LogP contribution is 2.18. The number of H-pyrrole nitrogens is 1. The van der Waals surface area contributed by atoms with Gasteiger partial charge in [-0.3, -0.25) is 4.57 Å². The minimum atomic E-state index is -0.280. The van der Waals surface area contributed by atoms with Crippen LogP contribution in [0.25, 0.3) is 0 Å². The normalized spacial score (nSPS) is 12.9. The predicted molar refractivity (Wildman–Crippen MR) is 61.2 cm³/mol. The standard InChI is InChI=1S/C10H20N4O/c1-9(2,3)11-7-12-13-8(15)14(7)10(4,5)6/h1-6H3,(H,11,12)(H,13,15). The Kier molecular flexibility index (Phi) is 2.67. The van der Waals surface area contributed by atoms with Crippen molar-refractivity contribution in [2.75, 3.05) is 5.32 Å². The van der Waals surface area contributed by atoms with Crippen molar-refractivity contribution in [3.63, 3.8) is 0 Å². The highest BCUT2D eigenvalue weighted by atomic mass is 16.2. The smallest absolute Gasteiger partial charge is 0.345 e. The van der Waals surface area contributed by atoms with Crippen molar-refractivity contribution in [1.82, 2.24) is 14.8 Å². The van der Waals surface area contributed by atoms with E-state index in [1.165, 1.54) is 0 Å². The summed E-state index contributed by atoms with van der Waals surface area (Å²) in [4.78, 5) is 11.6. The van der Waals surface area contributed by atoms with Gasteiger partial charge in [0.2, 0.25) is 5.95 Å². The van der Waals surface area contributed by atoms with Gasteiger partial charge in [0.05, 0.1) is 0 Å². The van der Waals surface area contributed by atoms with Gasteiger partial charge in [0.25, 0.3) is 0 Å². The molecular formula is C10H20N4O. The van der Waals surface area contributed by atoms with Crippen LogP contribution in [0.15, 0.2) is 4.79 Å². The van der Waals surface area contributed by atoms with Gasteiger partial charge in [0.1, 0.15) is 0 Å². The van der Waals surface area contributed by atoms with E-state index in [2.05, 4.69) is 15.5 Å². The number of hydrogen-bond acceptors (Lipinski definition) is 3. The van der Waals surface area contributed by atoms with Gasteiger partial charge in [-0.05, 0) is 41.5 Å². The first-order valence-electron chi connectivity index (χ1n) is 5.07. The average Bonchev–Trinajstić information content (AvgIpc) is 2.25. The molecule has 5 heteroatoms. The number of nitrogens with one attached hydrogen (secondary N) is 2. The summed E-state index contributed by atoms with van der Waals surface area (Å²) in [6.07, 6.45) is 0. The molecule has 0 aliphatic heterocycles. The summed E-state index contributed by atoms with van der Waals surface area (Å²) < 4.78 is 1.62. The van der Waals surface area contributed by atoms with Crippen molar-refractivity contribution in [2.24, 2.45) is 0 Å². The van der Waals surface area contributed by atoms with Crippen LogP contribution in [0.2, 0.25) is 0 Å². The van der Waals surface area contributed by atoms with Crippen LogP contribution >= 0.6 is 0 Å². The first kappa shape index (κ1) is 11.8. The number of aromatic nitrogens is 3. The lowest BCUT2D eigenvalue weighted by atomic mass is 10.1. The van der Waals surface area contributed by atoms with Gasteiger partial charge < -0.3 is 5.32 Å². The molecule has 0 bridgehead atoms. The summed E-state index contributed by atoms with van der Waals surface area (Å²) >= 11 is 0. The number of aromatic amines is 1. The molecule has 0 spiro atoms. The Morgan fingerprint density at radius 3 is 2.13 bits per heavy atom. The van der Waals surface area contributed by atoms with E-state index in [9.17, 15) is 4.79 Å². The van der Waals surface area contributed by atoms with Crippen molar-refractivity contribution in [2.45, 2.75) is 52.6 Å². The van der Waals surface area contributed by atoms with Crippen molar-refractivity contribution in [3.05, 3.63) is 10.5 Å². The summed E-state index contributed by atoms with van der Waals surface area (Å²) in [6, 6.07) is 0. The Balaban J connectivity index is 3.16. The lowest BCUT2D eigenvalue weighted by Crippen LogP contribution is -2.36. The molecule has 0 atom stereocenters. The van der Waals surface area contributed by atoms with Gasteiger partial charge in [0, 0.05) is 11.1 Å². The second kappa shape index (κ2) is 3.40. The molecule has 1 heterocycles. The molecule has 0 saturated heterocycles. The van der Waals surface area contributed by atoms with Gasteiger partial charge in [-0.15, -0.1) is 5.10 Å². The van der Waals surface area contributed by atoms with Crippen LogP contribution in [0, 0.1) is 0 Å². The van der Waals surface area contributed by atoms with Crippen molar-refractivity contribution in [3.8, 4) is 0 Å². The third kappa shape index (κ3) is 2.84. The van der Waals surface area contributed by atoms with E-state index in [1.54, 1.807) is 4.57 Å². The number of rotatable bonds is 1. The average molecular weight is 212 g/mol. The summed E-state index contributed by atoms with van der Waals surface area (Å²) in [7, 11) is 0. The van der Waals surface area contributed by atoms with Gasteiger partial charge in [-0.2, -0.15) is 0 Å². The summed E-state index contributed by atoms with van der Waals surface area (Å²) in [5.74, 6) is 0.583. The molecule has 1 aromatic rings. The van der Waals surface area contributed by atoms with Crippen molar-refractivity contribution in [1.29, 1.82) is 0 Å². The maximum absolute atomic E-state index is 11.6. The zero-order valence-corrected chi connectivity index (χ0v) is 10.3. The van der Waals surface area contributed by atoms with Crippen LogP contribution in [0.3, 0.4) is 0 Å². The molecule has 0 aromatic carbocycles. The first-order chi connectivity index (χ1) is 6.61. The van der Waals surface area contributed by atoms with E-state index in [0.29, 0.717) is 5.95 Å². The maximum Gasteiger partial charge on any atom is 0.345 e. The Labute approximate surface area is 89.9 Å². The highest BCUT2D eigenvalue weighted by molar-refractivity contribution is 5.28. The third-order valence-electron chi connectivity index (χ3n) is 1.83. The van der Waals surface area contributed by atoms with Crippen molar-refractivity contribution >= 4 is 5.95 Å². The first-order valence-corrected chi connectivity index (χ1v) is 5.07. The molecule has 86 valence electrons. The SMILES string of the molecule is CC(C)(C)Nc1n[nH]c(=O)n1C(C)(C)C. The minimum absolute atomic E-state index is 0.116.